The lowest BCUT2D eigenvalue weighted by atomic mass is 10.4. The SMILES string of the molecule is Cc1ccc(CN(CCN(C)C)S(=O)(=O)c2cccc(S(C)(=O)=O)c2)o1. The fourth-order valence-corrected chi connectivity index (χ4v) is 4.54. The molecule has 1 aromatic heterocycles. The minimum absolute atomic E-state index is 0.0278. The Balaban J connectivity index is 2.41. The van der Waals surface area contributed by atoms with E-state index in [1.54, 1.807) is 19.1 Å². The Morgan fingerprint density at radius 1 is 0.962 bits per heavy atom. The normalized spacial score (nSPS) is 12.8. The van der Waals surface area contributed by atoms with E-state index < -0.39 is 19.9 Å². The van der Waals surface area contributed by atoms with Crippen LogP contribution in [0.3, 0.4) is 0 Å². The van der Waals surface area contributed by atoms with E-state index >= 15 is 0 Å². The van der Waals surface area contributed by atoms with Gasteiger partial charge in [0.25, 0.3) is 0 Å². The molecule has 0 aliphatic heterocycles. The fraction of sp³-hybridized carbons (Fsp3) is 0.412. The average Bonchev–Trinajstić information content (AvgIpc) is 2.95. The summed E-state index contributed by atoms with van der Waals surface area (Å²) >= 11 is 0. The summed E-state index contributed by atoms with van der Waals surface area (Å²) in [6.45, 7) is 2.63. The van der Waals surface area contributed by atoms with Crippen LogP contribution < -0.4 is 0 Å². The van der Waals surface area contributed by atoms with Crippen molar-refractivity contribution in [2.24, 2.45) is 0 Å². The highest BCUT2D eigenvalue weighted by Crippen LogP contribution is 2.22. The molecule has 9 heteroatoms. The maximum absolute atomic E-state index is 13.1. The molecule has 0 N–H and O–H groups in total. The predicted octanol–water partition coefficient (Wildman–Crippen LogP) is 1.74. The van der Waals surface area contributed by atoms with E-state index in [9.17, 15) is 16.8 Å². The first-order valence-corrected chi connectivity index (χ1v) is 11.3. The molecule has 0 saturated carbocycles. The number of likely N-dealkylation sites (N-methyl/N-ethyl adjacent to an activating group) is 1. The van der Waals surface area contributed by atoms with Gasteiger partial charge >= 0.3 is 0 Å². The van der Waals surface area contributed by atoms with Crippen LogP contribution in [0, 0.1) is 6.92 Å². The molecular formula is C17H24N2O5S2. The molecule has 2 aromatic rings. The standard InChI is InChI=1S/C17H24N2O5S2/c1-14-8-9-15(24-14)13-19(11-10-18(2)3)26(22,23)17-7-5-6-16(12-17)25(4,20)21/h5-9,12H,10-11,13H2,1-4H3. The van der Waals surface area contributed by atoms with E-state index in [1.807, 2.05) is 19.0 Å². The number of nitrogens with zero attached hydrogens (tertiary/aromatic N) is 2. The minimum Gasteiger partial charge on any atom is -0.465 e. The quantitative estimate of drug-likeness (QED) is 0.671. The third-order valence-electron chi connectivity index (χ3n) is 3.80. The zero-order valence-electron chi connectivity index (χ0n) is 15.3. The van der Waals surface area contributed by atoms with Crippen LogP contribution in [0.1, 0.15) is 11.5 Å². The summed E-state index contributed by atoms with van der Waals surface area (Å²) in [6.07, 6.45) is 1.05. The first kappa shape index (κ1) is 20.6. The highest BCUT2D eigenvalue weighted by molar-refractivity contribution is 7.91. The summed E-state index contributed by atoms with van der Waals surface area (Å²) in [5, 5.41) is 0. The zero-order chi connectivity index (χ0) is 19.5. The van der Waals surface area contributed by atoms with Crippen LogP contribution in [0.25, 0.3) is 0 Å². The molecule has 0 spiro atoms. The van der Waals surface area contributed by atoms with Crippen molar-refractivity contribution in [2.75, 3.05) is 33.4 Å². The Labute approximate surface area is 155 Å². The maximum atomic E-state index is 13.1. The molecule has 0 unspecified atom stereocenters. The van der Waals surface area contributed by atoms with Crippen molar-refractivity contribution in [1.82, 2.24) is 9.21 Å². The van der Waals surface area contributed by atoms with E-state index in [-0.39, 0.29) is 22.9 Å². The summed E-state index contributed by atoms with van der Waals surface area (Å²) in [6, 6.07) is 8.93. The van der Waals surface area contributed by atoms with Crippen molar-refractivity contribution in [2.45, 2.75) is 23.3 Å². The van der Waals surface area contributed by atoms with Gasteiger partial charge in [0.2, 0.25) is 10.0 Å². The predicted molar refractivity (Wildman–Crippen MR) is 99.1 cm³/mol. The largest absolute Gasteiger partial charge is 0.465 e. The number of hydrogen-bond acceptors (Lipinski definition) is 6. The summed E-state index contributed by atoms with van der Waals surface area (Å²) in [5.41, 5.74) is 0. The number of sulfone groups is 1. The summed E-state index contributed by atoms with van der Waals surface area (Å²) in [4.78, 5) is 1.80. The average molecular weight is 401 g/mol. The van der Waals surface area contributed by atoms with Gasteiger partial charge in [0.1, 0.15) is 11.5 Å². The Morgan fingerprint density at radius 3 is 2.15 bits per heavy atom. The number of sulfonamides is 1. The Morgan fingerprint density at radius 2 is 1.62 bits per heavy atom. The molecule has 0 saturated heterocycles. The van der Waals surface area contributed by atoms with Crippen LogP contribution in [0.5, 0.6) is 0 Å². The molecule has 0 atom stereocenters. The topological polar surface area (TPSA) is 87.9 Å². The molecule has 144 valence electrons. The number of furan rings is 1. The van der Waals surface area contributed by atoms with Gasteiger partial charge in [-0.1, -0.05) is 6.07 Å². The molecule has 0 radical (unpaired) electrons. The first-order chi connectivity index (χ1) is 12.0. The second-order valence-corrected chi connectivity index (χ2v) is 10.4. The van der Waals surface area contributed by atoms with E-state index in [0.717, 1.165) is 6.26 Å². The van der Waals surface area contributed by atoms with Gasteiger partial charge < -0.3 is 9.32 Å². The van der Waals surface area contributed by atoms with Gasteiger partial charge in [0.15, 0.2) is 9.84 Å². The van der Waals surface area contributed by atoms with Gasteiger partial charge in [-0.25, -0.2) is 16.8 Å². The second kappa shape index (κ2) is 7.91. The van der Waals surface area contributed by atoms with Crippen LogP contribution in [-0.4, -0.2) is 59.5 Å². The van der Waals surface area contributed by atoms with Crippen molar-refractivity contribution in [3.63, 3.8) is 0 Å². The number of aryl methyl sites for hydroxylation is 1. The zero-order valence-corrected chi connectivity index (χ0v) is 17.0. The summed E-state index contributed by atoms with van der Waals surface area (Å²) in [7, 11) is -3.68. The van der Waals surface area contributed by atoms with Crippen molar-refractivity contribution >= 4 is 19.9 Å². The van der Waals surface area contributed by atoms with E-state index in [2.05, 4.69) is 0 Å². The maximum Gasteiger partial charge on any atom is 0.243 e. The van der Waals surface area contributed by atoms with Gasteiger partial charge in [-0.2, -0.15) is 4.31 Å². The summed E-state index contributed by atoms with van der Waals surface area (Å²) < 4.78 is 56.5. The van der Waals surface area contributed by atoms with E-state index in [1.165, 1.54) is 28.6 Å². The molecular weight excluding hydrogens is 376 g/mol. The first-order valence-electron chi connectivity index (χ1n) is 8.00. The number of benzene rings is 1. The Bertz CT molecular complexity index is 963. The molecule has 0 fully saturated rings. The van der Waals surface area contributed by atoms with Crippen molar-refractivity contribution < 1.29 is 21.3 Å². The monoisotopic (exact) mass is 400 g/mol. The van der Waals surface area contributed by atoms with Crippen molar-refractivity contribution in [1.29, 1.82) is 0 Å². The molecule has 1 aromatic carbocycles. The molecule has 1 heterocycles. The fourth-order valence-electron chi connectivity index (χ4n) is 2.35. The number of hydrogen-bond donors (Lipinski definition) is 0. The molecule has 0 aliphatic rings. The van der Waals surface area contributed by atoms with Gasteiger partial charge in [-0.3, -0.25) is 0 Å². The molecule has 0 amide bonds. The highest BCUT2D eigenvalue weighted by Gasteiger charge is 2.26. The molecule has 2 rings (SSSR count). The number of rotatable bonds is 8. The lowest BCUT2D eigenvalue weighted by Crippen LogP contribution is -2.36. The van der Waals surface area contributed by atoms with Gasteiger partial charge in [0.05, 0.1) is 16.3 Å². The van der Waals surface area contributed by atoms with Crippen LogP contribution in [0.4, 0.5) is 0 Å². The summed E-state index contributed by atoms with van der Waals surface area (Å²) in [5.74, 6) is 1.23. The Kier molecular flexibility index (Phi) is 6.28. The highest BCUT2D eigenvalue weighted by atomic mass is 32.2. The van der Waals surface area contributed by atoms with Crippen LogP contribution in [0.15, 0.2) is 50.6 Å². The third-order valence-corrected chi connectivity index (χ3v) is 6.75. The second-order valence-electron chi connectivity index (χ2n) is 6.40. The molecule has 26 heavy (non-hydrogen) atoms. The van der Waals surface area contributed by atoms with E-state index in [0.29, 0.717) is 18.1 Å². The van der Waals surface area contributed by atoms with Crippen LogP contribution in [0.2, 0.25) is 0 Å². The van der Waals surface area contributed by atoms with E-state index in [4.69, 9.17) is 4.42 Å². The van der Waals surface area contributed by atoms with Gasteiger partial charge in [-0.15, -0.1) is 0 Å². The van der Waals surface area contributed by atoms with Crippen LogP contribution in [-0.2, 0) is 26.4 Å². The lowest BCUT2D eigenvalue weighted by molar-refractivity contribution is 0.310. The molecule has 0 aliphatic carbocycles. The van der Waals surface area contributed by atoms with Crippen molar-refractivity contribution in [3.8, 4) is 0 Å². The van der Waals surface area contributed by atoms with Crippen molar-refractivity contribution in [3.05, 3.63) is 47.9 Å². The molecule has 0 bridgehead atoms. The Hall–Kier alpha value is -1.68. The van der Waals surface area contributed by atoms with Gasteiger partial charge in [-0.05, 0) is 51.4 Å². The minimum atomic E-state index is -3.89. The van der Waals surface area contributed by atoms with Crippen LogP contribution >= 0.6 is 0 Å². The smallest absolute Gasteiger partial charge is 0.243 e. The third kappa shape index (κ3) is 5.16. The lowest BCUT2D eigenvalue weighted by Gasteiger charge is -2.23. The van der Waals surface area contributed by atoms with Gasteiger partial charge in [0, 0.05) is 19.3 Å². The molecule has 7 nitrogen and oxygen atoms in total.